The molecule has 0 aromatic carbocycles. The number of aryl methyl sites for hydroxylation is 1. The van der Waals surface area contributed by atoms with E-state index in [0.29, 0.717) is 12.0 Å². The molecule has 1 aliphatic carbocycles. The number of nitrogens with one attached hydrogen (secondary N) is 1. The number of hydrogen-bond acceptors (Lipinski definition) is 5. The zero-order valence-electron chi connectivity index (χ0n) is 12.3. The lowest BCUT2D eigenvalue weighted by atomic mass is 10.2. The fraction of sp³-hybridized carbons (Fsp3) is 0.600. The predicted molar refractivity (Wildman–Crippen MR) is 88.0 cm³/mol. The molecule has 0 aliphatic heterocycles. The molecule has 2 aromatic rings. The van der Waals surface area contributed by atoms with Crippen molar-refractivity contribution >= 4 is 27.8 Å². The highest BCUT2D eigenvalue weighted by atomic mass is 32.1. The largest absolute Gasteiger partial charge is 0.359 e. The Morgan fingerprint density at radius 3 is 2.80 bits per heavy atom. The molecule has 1 aliphatic rings. The fourth-order valence-electron chi connectivity index (χ4n) is 2.10. The minimum Gasteiger partial charge on any atom is -0.359 e. The van der Waals surface area contributed by atoms with Crippen LogP contribution in [0, 0.1) is 0 Å². The van der Waals surface area contributed by atoms with Crippen molar-refractivity contribution in [2.24, 2.45) is 0 Å². The van der Waals surface area contributed by atoms with E-state index < -0.39 is 0 Å². The van der Waals surface area contributed by atoms with Crippen LogP contribution in [0.25, 0.3) is 10.6 Å². The van der Waals surface area contributed by atoms with Crippen molar-refractivity contribution in [3.63, 3.8) is 0 Å². The molecule has 0 spiro atoms. The molecule has 0 bridgehead atoms. The summed E-state index contributed by atoms with van der Waals surface area (Å²) in [6.07, 6.45) is 4.72. The molecule has 2 heterocycles. The second-order valence-corrected chi connectivity index (χ2v) is 7.38. The average molecular weight is 307 g/mol. The summed E-state index contributed by atoms with van der Waals surface area (Å²) in [7, 11) is 0. The molecular formula is C15H21N3S2. The maximum atomic E-state index is 4.82. The van der Waals surface area contributed by atoms with Gasteiger partial charge in [0.05, 0.1) is 21.3 Å². The number of hydrogen-bond donors (Lipinski definition) is 1. The molecule has 1 N–H and O–H groups in total. The number of thiazole rings is 2. The van der Waals surface area contributed by atoms with E-state index in [1.807, 2.05) is 11.3 Å². The van der Waals surface area contributed by atoms with E-state index in [1.54, 1.807) is 11.3 Å². The molecule has 0 saturated heterocycles. The quantitative estimate of drug-likeness (QED) is 0.823. The molecule has 3 nitrogen and oxygen atoms in total. The van der Waals surface area contributed by atoms with Gasteiger partial charge in [0.1, 0.15) is 0 Å². The summed E-state index contributed by atoms with van der Waals surface area (Å²) in [5.41, 5.74) is 2.41. The van der Waals surface area contributed by atoms with Crippen molar-refractivity contribution in [3.8, 4) is 10.6 Å². The van der Waals surface area contributed by atoms with E-state index in [1.165, 1.54) is 28.4 Å². The van der Waals surface area contributed by atoms with Gasteiger partial charge < -0.3 is 5.32 Å². The second-order valence-electron chi connectivity index (χ2n) is 5.44. The molecule has 3 rings (SSSR count). The Hall–Kier alpha value is -0.940. The molecule has 108 valence electrons. The van der Waals surface area contributed by atoms with Crippen LogP contribution in [-0.4, -0.2) is 16.0 Å². The number of rotatable bonds is 6. The predicted octanol–water partition coefficient (Wildman–Crippen LogP) is 4.92. The van der Waals surface area contributed by atoms with Crippen LogP contribution in [0.5, 0.6) is 0 Å². The first-order chi connectivity index (χ1) is 9.71. The molecule has 5 heteroatoms. The van der Waals surface area contributed by atoms with Crippen molar-refractivity contribution < 1.29 is 0 Å². The van der Waals surface area contributed by atoms with Crippen molar-refractivity contribution in [1.29, 1.82) is 0 Å². The van der Waals surface area contributed by atoms with Gasteiger partial charge in [-0.25, -0.2) is 9.97 Å². The number of aromatic nitrogens is 2. The third kappa shape index (κ3) is 2.88. The standard InChI is InChI=1S/C15H21N3S2/c1-4-9(3)16-15-17-11(8-19-15)14-13(10-6-7-10)18-12(5-2)20-14/h8-10H,4-7H2,1-3H3,(H,16,17). The maximum absolute atomic E-state index is 4.82. The van der Waals surface area contributed by atoms with Crippen molar-refractivity contribution in [2.45, 2.75) is 58.4 Å². The maximum Gasteiger partial charge on any atom is 0.183 e. The summed E-state index contributed by atoms with van der Waals surface area (Å²) >= 11 is 3.53. The van der Waals surface area contributed by atoms with E-state index in [0.717, 1.165) is 23.7 Å². The van der Waals surface area contributed by atoms with Crippen LogP contribution in [0.3, 0.4) is 0 Å². The van der Waals surface area contributed by atoms with Gasteiger partial charge >= 0.3 is 0 Å². The van der Waals surface area contributed by atoms with E-state index in [2.05, 4.69) is 31.5 Å². The van der Waals surface area contributed by atoms with Gasteiger partial charge in [0.25, 0.3) is 0 Å². The second kappa shape index (κ2) is 5.82. The zero-order valence-corrected chi connectivity index (χ0v) is 13.9. The number of anilines is 1. The fourth-order valence-corrected chi connectivity index (χ4v) is 4.04. The third-order valence-corrected chi connectivity index (χ3v) is 5.69. The average Bonchev–Trinajstić information content (AvgIpc) is 3.05. The minimum atomic E-state index is 0.476. The van der Waals surface area contributed by atoms with Crippen LogP contribution in [0.15, 0.2) is 5.38 Å². The molecule has 1 fully saturated rings. The van der Waals surface area contributed by atoms with Gasteiger partial charge in [-0.1, -0.05) is 13.8 Å². The summed E-state index contributed by atoms with van der Waals surface area (Å²) in [5, 5.41) is 7.90. The van der Waals surface area contributed by atoms with Crippen molar-refractivity contribution in [1.82, 2.24) is 9.97 Å². The summed E-state index contributed by atoms with van der Waals surface area (Å²) in [4.78, 5) is 10.9. The van der Waals surface area contributed by atoms with E-state index in [9.17, 15) is 0 Å². The lowest BCUT2D eigenvalue weighted by Crippen LogP contribution is -2.12. The SMILES string of the molecule is CCc1nc(C2CC2)c(-c2csc(NC(C)CC)n2)s1. The van der Waals surface area contributed by atoms with Gasteiger partial charge in [0.15, 0.2) is 5.13 Å². The zero-order chi connectivity index (χ0) is 14.1. The molecule has 20 heavy (non-hydrogen) atoms. The first-order valence-electron chi connectivity index (χ1n) is 7.43. The first kappa shape index (κ1) is 14.0. The summed E-state index contributed by atoms with van der Waals surface area (Å²) in [6.45, 7) is 6.56. The van der Waals surface area contributed by atoms with Crippen LogP contribution >= 0.6 is 22.7 Å². The van der Waals surface area contributed by atoms with Crippen molar-refractivity contribution in [3.05, 3.63) is 16.1 Å². The van der Waals surface area contributed by atoms with Crippen LogP contribution in [0.1, 0.15) is 56.7 Å². The highest BCUT2D eigenvalue weighted by Crippen LogP contribution is 2.46. The van der Waals surface area contributed by atoms with Gasteiger partial charge in [-0.15, -0.1) is 22.7 Å². The normalized spacial score (nSPS) is 16.4. The molecule has 1 saturated carbocycles. The lowest BCUT2D eigenvalue weighted by molar-refractivity contribution is 0.763. The van der Waals surface area contributed by atoms with E-state index >= 15 is 0 Å². The molecule has 2 aromatic heterocycles. The smallest absolute Gasteiger partial charge is 0.183 e. The van der Waals surface area contributed by atoms with E-state index in [-0.39, 0.29) is 0 Å². The van der Waals surface area contributed by atoms with Gasteiger partial charge in [-0.2, -0.15) is 0 Å². The summed E-state index contributed by atoms with van der Waals surface area (Å²) in [6, 6.07) is 0.476. The Morgan fingerprint density at radius 1 is 1.35 bits per heavy atom. The summed E-state index contributed by atoms with van der Waals surface area (Å²) in [5.74, 6) is 0.689. The monoisotopic (exact) mass is 307 g/mol. The van der Waals surface area contributed by atoms with E-state index in [4.69, 9.17) is 9.97 Å². The van der Waals surface area contributed by atoms with Crippen molar-refractivity contribution in [2.75, 3.05) is 5.32 Å². The van der Waals surface area contributed by atoms with Gasteiger partial charge in [-0.3, -0.25) is 0 Å². The Balaban J connectivity index is 1.87. The van der Waals surface area contributed by atoms with Gasteiger partial charge in [0.2, 0.25) is 0 Å². The molecule has 1 atom stereocenters. The minimum absolute atomic E-state index is 0.476. The summed E-state index contributed by atoms with van der Waals surface area (Å²) < 4.78 is 0. The highest BCUT2D eigenvalue weighted by molar-refractivity contribution is 7.16. The van der Waals surface area contributed by atoms with Crippen LogP contribution in [-0.2, 0) is 6.42 Å². The number of nitrogens with zero attached hydrogens (tertiary/aromatic N) is 2. The molecular weight excluding hydrogens is 286 g/mol. The molecule has 0 amide bonds. The Morgan fingerprint density at radius 2 is 2.15 bits per heavy atom. The third-order valence-electron chi connectivity index (χ3n) is 3.68. The topological polar surface area (TPSA) is 37.8 Å². The van der Waals surface area contributed by atoms with Gasteiger partial charge in [-0.05, 0) is 32.6 Å². The highest BCUT2D eigenvalue weighted by Gasteiger charge is 2.30. The van der Waals surface area contributed by atoms with Crippen LogP contribution in [0.2, 0.25) is 0 Å². The lowest BCUT2D eigenvalue weighted by Gasteiger charge is -2.08. The Bertz CT molecular complexity index is 584. The first-order valence-corrected chi connectivity index (χ1v) is 9.12. The molecule has 1 unspecified atom stereocenters. The molecule has 0 radical (unpaired) electrons. The Kier molecular flexibility index (Phi) is 4.08. The Labute approximate surface area is 128 Å². The van der Waals surface area contributed by atoms with Gasteiger partial charge in [0, 0.05) is 17.3 Å². The van der Waals surface area contributed by atoms with Crippen LogP contribution in [0.4, 0.5) is 5.13 Å². The van der Waals surface area contributed by atoms with Crippen LogP contribution < -0.4 is 5.32 Å².